The molecule has 0 spiro atoms. The van der Waals surface area contributed by atoms with Gasteiger partial charge in [0.1, 0.15) is 12.2 Å². The van der Waals surface area contributed by atoms with E-state index in [-0.39, 0.29) is 31.6 Å². The van der Waals surface area contributed by atoms with Crippen LogP contribution in [0, 0.1) is 17.8 Å². The van der Waals surface area contributed by atoms with Gasteiger partial charge in [-0.05, 0) is 46.0 Å². The molecule has 0 aliphatic carbocycles. The Labute approximate surface area is 406 Å². The summed E-state index contributed by atoms with van der Waals surface area (Å²) in [6.45, 7) is 7.76. The maximum absolute atomic E-state index is 14.0. The highest BCUT2D eigenvalue weighted by molar-refractivity contribution is 5.80. The summed E-state index contributed by atoms with van der Waals surface area (Å²) in [7, 11) is 0. The van der Waals surface area contributed by atoms with Crippen molar-refractivity contribution < 1.29 is 79.6 Å². The molecule has 0 radical (unpaired) electrons. The van der Waals surface area contributed by atoms with Crippen molar-refractivity contribution in [2.45, 2.75) is 189 Å². The number of cyclic esters (lactones) is 1. The molecule has 69 heavy (non-hydrogen) atoms. The van der Waals surface area contributed by atoms with Crippen molar-refractivity contribution in [3.05, 3.63) is 85.1 Å². The maximum Gasteiger partial charge on any atom is 0.308 e. The minimum Gasteiger partial charge on any atom is -0.462 e. The highest BCUT2D eigenvalue weighted by Gasteiger charge is 2.52. The van der Waals surface area contributed by atoms with Crippen LogP contribution in [0.4, 0.5) is 0 Å². The molecule has 18 heteroatoms. The number of hydrogen-bond donors (Lipinski definition) is 11. The first-order chi connectivity index (χ1) is 32.7. The Kier molecular flexibility index (Phi) is 24.1. The Morgan fingerprint density at radius 1 is 0.667 bits per heavy atom. The van der Waals surface area contributed by atoms with Gasteiger partial charge in [-0.25, -0.2) is 0 Å². The van der Waals surface area contributed by atoms with Crippen molar-refractivity contribution in [3.8, 4) is 0 Å². The number of amides is 1. The number of rotatable bonds is 3. The van der Waals surface area contributed by atoms with Gasteiger partial charge >= 0.3 is 5.97 Å². The number of aliphatic hydroxyl groups excluding tert-OH is 9. The Bertz CT molecular complexity index is 1780. The molecular weight excluding hydrogens is 897 g/mol. The van der Waals surface area contributed by atoms with E-state index in [1.165, 1.54) is 0 Å². The van der Waals surface area contributed by atoms with Gasteiger partial charge in [0.15, 0.2) is 12.1 Å². The number of allylic oxidation sites excluding steroid dienone is 12. The Balaban J connectivity index is 1.59. The zero-order chi connectivity index (χ0) is 50.8. The van der Waals surface area contributed by atoms with Crippen LogP contribution < -0.4 is 5.73 Å². The van der Waals surface area contributed by atoms with Crippen molar-refractivity contribution in [2.24, 2.45) is 23.5 Å². The summed E-state index contributed by atoms with van der Waals surface area (Å²) in [5.41, 5.74) is 6.11. The minimum absolute atomic E-state index is 0.0835. The van der Waals surface area contributed by atoms with E-state index in [0.717, 1.165) is 12.8 Å². The SMILES string of the molecule is C[C@@H]1[C@H](O)[C@@H](C)/C=C/C=C/C=C/C=C/C=C/C=C/C=C/[C@H](OC2O[C@H](C)[C@@H](O)[C@H](N)[C@@H]2O)CC2O[C@](O)(C[C@@H](O)C[C@@H](O)[C@H](O)CC[C@@H](O)C[C@@H](O)CC(=O)O[C@H]1C)C[C@H](O)[C@H]2C(=O)N1CCCC1. The predicted octanol–water partition coefficient (Wildman–Crippen LogP) is 1.25. The lowest BCUT2D eigenvalue weighted by Gasteiger charge is -2.46. The number of carbonyl (C=O) groups excluding carboxylic acids is 2. The average molecular weight is 977 g/mol. The fourth-order valence-corrected chi connectivity index (χ4v) is 9.12. The van der Waals surface area contributed by atoms with Crippen LogP contribution in [0.15, 0.2) is 85.1 Å². The van der Waals surface area contributed by atoms with Gasteiger partial charge in [0.25, 0.3) is 0 Å². The van der Waals surface area contributed by atoms with Crippen LogP contribution in [0.5, 0.6) is 0 Å². The smallest absolute Gasteiger partial charge is 0.308 e. The fraction of sp³-hybridized carbons (Fsp3) is 0.686. The molecule has 2 unspecified atom stereocenters. The normalized spacial score (nSPS) is 44.7. The number of hydrogen-bond acceptors (Lipinski definition) is 17. The summed E-state index contributed by atoms with van der Waals surface area (Å²) in [4.78, 5) is 28.3. The van der Waals surface area contributed by atoms with Crippen molar-refractivity contribution in [1.82, 2.24) is 4.90 Å². The summed E-state index contributed by atoms with van der Waals surface area (Å²) in [6.07, 6.45) is 6.99. The molecule has 3 fully saturated rings. The van der Waals surface area contributed by atoms with Crippen LogP contribution in [0.25, 0.3) is 0 Å². The molecule has 0 aromatic heterocycles. The van der Waals surface area contributed by atoms with E-state index in [9.17, 15) is 60.7 Å². The van der Waals surface area contributed by atoms with Gasteiger partial charge in [-0.1, -0.05) is 98.9 Å². The van der Waals surface area contributed by atoms with E-state index < -0.39 is 147 Å². The van der Waals surface area contributed by atoms with E-state index in [4.69, 9.17) is 24.7 Å². The number of nitrogens with two attached hydrogens (primary N) is 1. The van der Waals surface area contributed by atoms with Crippen LogP contribution >= 0.6 is 0 Å². The molecule has 4 rings (SSSR count). The first kappa shape index (κ1) is 58.1. The average Bonchev–Trinajstić information content (AvgIpc) is 3.83. The van der Waals surface area contributed by atoms with Gasteiger partial charge in [0.2, 0.25) is 5.91 Å². The summed E-state index contributed by atoms with van der Waals surface area (Å²) in [5.74, 6) is -5.24. The van der Waals surface area contributed by atoms with E-state index >= 15 is 0 Å². The van der Waals surface area contributed by atoms with E-state index in [1.54, 1.807) is 68.2 Å². The molecule has 2 bridgehead atoms. The van der Waals surface area contributed by atoms with Crippen molar-refractivity contribution in [2.75, 3.05) is 13.1 Å². The van der Waals surface area contributed by atoms with Crippen molar-refractivity contribution >= 4 is 11.9 Å². The quantitative estimate of drug-likeness (QED) is 0.177. The third-order valence-electron chi connectivity index (χ3n) is 13.4. The van der Waals surface area contributed by atoms with E-state index in [0.29, 0.717) is 13.1 Å². The van der Waals surface area contributed by atoms with Gasteiger partial charge in [-0.3, -0.25) is 9.59 Å². The van der Waals surface area contributed by atoms with Gasteiger partial charge in [-0.2, -0.15) is 0 Å². The third-order valence-corrected chi connectivity index (χ3v) is 13.4. The summed E-state index contributed by atoms with van der Waals surface area (Å²) in [6, 6.07) is -1.11. The third kappa shape index (κ3) is 18.6. The molecule has 0 aromatic rings. The number of ether oxygens (including phenoxy) is 4. The lowest BCUT2D eigenvalue weighted by atomic mass is 9.81. The number of esters is 1. The number of nitrogens with zero attached hydrogens (tertiary/aromatic N) is 1. The summed E-state index contributed by atoms with van der Waals surface area (Å²) in [5, 5.41) is 110. The standard InChI is InChI=1S/C51H80N2O16/c1-31-19-15-13-11-9-7-5-6-8-10-12-14-16-20-38(68-50-48(63)45(52)47(62)34(4)67-50)28-42-44(49(64)53-23-17-18-24-53)41(59)30-51(65,69-42)29-37(56)26-40(58)39(57)22-21-35(54)25-36(55)27-43(60)66-33(3)32(2)46(31)61/h5-16,19-20,31-42,44-48,50,54-59,61-63,65H,17-18,21-30,52H2,1-4H3/b6-5+,9-7+,10-8+,13-11+,14-12+,19-15+,20-16+/t31-,32-,33-,34+,35+,36+,37-,38-,39+,40+,41-,42?,44+,45-,46+,47+,48-,50?,51+/m0/s1. The predicted molar refractivity (Wildman–Crippen MR) is 255 cm³/mol. The van der Waals surface area contributed by atoms with E-state index in [2.05, 4.69) is 0 Å². The molecule has 4 heterocycles. The zero-order valence-electron chi connectivity index (χ0n) is 40.4. The Morgan fingerprint density at radius 2 is 1.25 bits per heavy atom. The first-order valence-corrected chi connectivity index (χ1v) is 24.5. The second-order valence-electron chi connectivity index (χ2n) is 19.3. The lowest BCUT2D eigenvalue weighted by molar-refractivity contribution is -0.308. The number of carbonyl (C=O) groups is 2. The summed E-state index contributed by atoms with van der Waals surface area (Å²) >= 11 is 0. The molecular formula is C51H80N2O16. The van der Waals surface area contributed by atoms with Crippen molar-refractivity contribution in [3.63, 3.8) is 0 Å². The van der Waals surface area contributed by atoms with E-state index in [1.807, 2.05) is 49.5 Å². The second-order valence-corrected chi connectivity index (χ2v) is 19.3. The molecule has 3 saturated heterocycles. The topological polar surface area (TPSA) is 303 Å². The number of likely N-dealkylation sites (tertiary alicyclic amines) is 1. The molecule has 0 aromatic carbocycles. The summed E-state index contributed by atoms with van der Waals surface area (Å²) < 4.78 is 23.8. The van der Waals surface area contributed by atoms with Gasteiger partial charge in [0, 0.05) is 50.6 Å². The highest BCUT2D eigenvalue weighted by atomic mass is 16.7. The lowest BCUT2D eigenvalue weighted by Crippen LogP contribution is -2.62. The first-order valence-electron chi connectivity index (χ1n) is 24.5. The fourth-order valence-electron chi connectivity index (χ4n) is 9.12. The molecule has 1 amide bonds. The van der Waals surface area contributed by atoms with Crippen molar-refractivity contribution in [1.29, 1.82) is 0 Å². The Morgan fingerprint density at radius 3 is 1.86 bits per heavy atom. The molecule has 4 aliphatic heterocycles. The van der Waals surface area contributed by atoms with Crippen LogP contribution in [0.2, 0.25) is 0 Å². The highest BCUT2D eigenvalue weighted by Crippen LogP contribution is 2.39. The molecule has 12 N–H and O–H groups in total. The minimum atomic E-state index is -2.23. The van der Waals surface area contributed by atoms with Crippen LogP contribution in [0.3, 0.4) is 0 Å². The van der Waals surface area contributed by atoms with Crippen LogP contribution in [0.1, 0.15) is 91.9 Å². The molecule has 0 saturated carbocycles. The van der Waals surface area contributed by atoms with Crippen LogP contribution in [-0.2, 0) is 28.5 Å². The monoisotopic (exact) mass is 977 g/mol. The number of aliphatic hydroxyl groups is 10. The number of fused-ring (bicyclic) bond motifs is 2. The van der Waals surface area contributed by atoms with Gasteiger partial charge in [-0.15, -0.1) is 0 Å². The molecule has 19 atom stereocenters. The second kappa shape index (κ2) is 28.6. The van der Waals surface area contributed by atoms with Gasteiger partial charge < -0.3 is 80.6 Å². The maximum atomic E-state index is 14.0. The molecule has 390 valence electrons. The largest absolute Gasteiger partial charge is 0.462 e. The van der Waals surface area contributed by atoms with Gasteiger partial charge in [0.05, 0.1) is 85.5 Å². The van der Waals surface area contributed by atoms with Crippen LogP contribution in [-0.4, -0.2) is 178 Å². The molecule has 18 nitrogen and oxygen atoms in total. The zero-order valence-corrected chi connectivity index (χ0v) is 40.4. The Hall–Kier alpha value is -3.44. The molecule has 4 aliphatic rings.